The molecule has 1 saturated heterocycles. The van der Waals surface area contributed by atoms with Crippen molar-refractivity contribution in [1.29, 1.82) is 0 Å². The van der Waals surface area contributed by atoms with Crippen LogP contribution in [0.15, 0.2) is 0 Å². The largest absolute Gasteiger partial charge is 0.344 e. The Hall–Kier alpha value is -2.55. The minimum atomic E-state index is -0.885. The number of hydrogen-bond acceptors (Lipinski definition) is 6. The van der Waals surface area contributed by atoms with Crippen molar-refractivity contribution >= 4 is 39.4 Å². The van der Waals surface area contributed by atoms with Gasteiger partial charge in [-0.2, -0.15) is 5.01 Å². The predicted molar refractivity (Wildman–Crippen MR) is 109 cm³/mol. The Balaban J connectivity index is 1.60. The number of hydrazine groups is 1. The number of fused-ring (bicyclic) bond motifs is 1. The minimum Gasteiger partial charge on any atom is -0.322 e. The highest BCUT2D eigenvalue weighted by Gasteiger charge is 2.53. The second kappa shape index (κ2) is 7.05. The fraction of sp³-hybridized carbons (Fsp3) is 0.550. The normalized spacial score (nSPS) is 24.4. The first-order valence-electron chi connectivity index (χ1n) is 10.00. The van der Waals surface area contributed by atoms with Gasteiger partial charge in [-0.3, -0.25) is 15.0 Å². The van der Waals surface area contributed by atoms with E-state index in [0.717, 1.165) is 45.1 Å². The Bertz CT molecular complexity index is 1020. The van der Waals surface area contributed by atoms with E-state index < -0.39 is 17.5 Å². The first kappa shape index (κ1) is 19.8. The van der Waals surface area contributed by atoms with Crippen LogP contribution in [-0.2, 0) is 11.2 Å². The van der Waals surface area contributed by atoms with Crippen LogP contribution in [0.3, 0.4) is 0 Å². The highest BCUT2D eigenvalue weighted by atomic mass is 32.1. The summed E-state index contributed by atoms with van der Waals surface area (Å²) < 4.78 is 0. The van der Waals surface area contributed by atoms with E-state index in [1.807, 2.05) is 20.8 Å². The lowest BCUT2D eigenvalue weighted by molar-refractivity contribution is -0.134. The molecule has 0 unspecified atom stereocenters. The van der Waals surface area contributed by atoms with Gasteiger partial charge in [0.25, 0.3) is 11.8 Å². The lowest BCUT2D eigenvalue weighted by atomic mass is 9.77. The molecule has 2 aromatic rings. The molecule has 4 amide bonds. The summed E-state index contributed by atoms with van der Waals surface area (Å²) >= 11 is 1.26. The van der Waals surface area contributed by atoms with Crippen LogP contribution in [0.4, 0.5) is 4.79 Å². The van der Waals surface area contributed by atoms with Crippen molar-refractivity contribution in [3.8, 4) is 0 Å². The summed E-state index contributed by atoms with van der Waals surface area (Å²) in [6.45, 7) is 7.86. The van der Waals surface area contributed by atoms with Crippen LogP contribution in [-0.4, -0.2) is 38.4 Å². The second-order valence-electron chi connectivity index (χ2n) is 8.09. The van der Waals surface area contributed by atoms with Crippen LogP contribution < -0.4 is 10.7 Å². The van der Waals surface area contributed by atoms with Crippen LogP contribution in [0.2, 0.25) is 0 Å². The van der Waals surface area contributed by atoms with Gasteiger partial charge in [0.2, 0.25) is 0 Å². The molecule has 2 fully saturated rings. The third-order valence-corrected chi connectivity index (χ3v) is 7.23. The average molecular weight is 416 g/mol. The molecule has 0 aromatic carbocycles. The summed E-state index contributed by atoms with van der Waals surface area (Å²) in [5.41, 5.74) is 3.22. The highest BCUT2D eigenvalue weighted by Crippen LogP contribution is 2.36. The molecule has 4 rings (SSSR count). The Labute approximate surface area is 173 Å². The Morgan fingerprint density at radius 1 is 1.28 bits per heavy atom. The summed E-state index contributed by atoms with van der Waals surface area (Å²) in [4.78, 5) is 48.6. The van der Waals surface area contributed by atoms with Crippen molar-refractivity contribution in [3.05, 3.63) is 22.0 Å². The van der Waals surface area contributed by atoms with E-state index >= 15 is 0 Å². The molecular formula is C20H25N5O3S. The molecular weight excluding hydrogens is 390 g/mol. The summed E-state index contributed by atoms with van der Waals surface area (Å²) in [5, 5.41) is 4.52. The van der Waals surface area contributed by atoms with Crippen molar-refractivity contribution in [1.82, 2.24) is 25.7 Å². The van der Waals surface area contributed by atoms with Gasteiger partial charge in [0.05, 0.1) is 4.88 Å². The fourth-order valence-corrected chi connectivity index (χ4v) is 5.38. The number of imide groups is 1. The zero-order chi connectivity index (χ0) is 20.9. The molecule has 0 bridgehead atoms. The lowest BCUT2D eigenvalue weighted by Crippen LogP contribution is -2.51. The average Bonchev–Trinajstić information content (AvgIpc) is 3.14. The number of aromatic nitrogens is 2. The minimum absolute atomic E-state index is 0.370. The summed E-state index contributed by atoms with van der Waals surface area (Å²) in [6, 6.07) is -0.569. The van der Waals surface area contributed by atoms with Crippen LogP contribution >= 0.6 is 11.3 Å². The zero-order valence-corrected chi connectivity index (χ0v) is 17.9. The van der Waals surface area contributed by atoms with E-state index in [0.29, 0.717) is 30.1 Å². The maximum Gasteiger partial charge on any atom is 0.344 e. The van der Waals surface area contributed by atoms with Crippen LogP contribution in [0.5, 0.6) is 0 Å². The first-order chi connectivity index (χ1) is 13.8. The first-order valence-corrected chi connectivity index (χ1v) is 10.8. The van der Waals surface area contributed by atoms with Gasteiger partial charge in [-0.15, -0.1) is 11.3 Å². The highest BCUT2D eigenvalue weighted by molar-refractivity contribution is 7.20. The molecule has 1 aliphatic carbocycles. The Kier molecular flexibility index (Phi) is 4.80. The molecule has 29 heavy (non-hydrogen) atoms. The molecule has 2 aromatic heterocycles. The van der Waals surface area contributed by atoms with Crippen LogP contribution in [0.25, 0.3) is 10.2 Å². The van der Waals surface area contributed by atoms with E-state index in [1.54, 1.807) is 0 Å². The Morgan fingerprint density at radius 2 is 1.97 bits per heavy atom. The number of nitrogens with zero attached hydrogens (tertiary/aromatic N) is 3. The third-order valence-electron chi connectivity index (χ3n) is 6.04. The van der Waals surface area contributed by atoms with Gasteiger partial charge in [-0.05, 0) is 51.0 Å². The number of amides is 4. The standard InChI is InChI=1S/C20H25N5O3S/c1-5-13-21-12(4)14-11(3)15(29-17(14)22-13)16(26)24-25-18(27)20(23-19(25)28)8-6-10(2)7-9-20/h10H,5-9H2,1-4H3,(H,23,28)(H,24,26). The molecule has 8 nitrogen and oxygen atoms in total. The summed E-state index contributed by atoms with van der Waals surface area (Å²) in [7, 11) is 0. The molecule has 3 heterocycles. The number of nitrogens with one attached hydrogen (secondary N) is 2. The van der Waals surface area contributed by atoms with Crippen molar-refractivity contribution in [2.45, 2.75) is 65.3 Å². The number of hydrogen-bond donors (Lipinski definition) is 2. The SMILES string of the molecule is CCc1nc(C)c2c(C)c(C(=O)NN3C(=O)NC4(CCC(C)CC4)C3=O)sc2n1. The number of rotatable bonds is 3. The molecule has 9 heteroatoms. The van der Waals surface area contributed by atoms with Gasteiger partial charge >= 0.3 is 6.03 Å². The predicted octanol–water partition coefficient (Wildman–Crippen LogP) is 3.02. The fourth-order valence-electron chi connectivity index (χ4n) is 4.24. The quantitative estimate of drug-likeness (QED) is 0.750. The Morgan fingerprint density at radius 3 is 2.62 bits per heavy atom. The number of aryl methyl sites for hydroxylation is 3. The van der Waals surface area contributed by atoms with Gasteiger partial charge in [-0.1, -0.05) is 13.8 Å². The van der Waals surface area contributed by atoms with Gasteiger partial charge in [0.1, 0.15) is 16.2 Å². The van der Waals surface area contributed by atoms with Crippen LogP contribution in [0.1, 0.15) is 66.3 Å². The van der Waals surface area contributed by atoms with Gasteiger partial charge in [-0.25, -0.2) is 14.8 Å². The van der Waals surface area contributed by atoms with E-state index in [4.69, 9.17) is 0 Å². The number of carbonyl (C=O) groups excluding carboxylic acids is 3. The van der Waals surface area contributed by atoms with Gasteiger partial charge in [0.15, 0.2) is 0 Å². The van der Waals surface area contributed by atoms with E-state index in [-0.39, 0.29) is 5.91 Å². The number of carbonyl (C=O) groups is 3. The summed E-state index contributed by atoms with van der Waals surface area (Å²) in [5.74, 6) is 0.414. The zero-order valence-electron chi connectivity index (χ0n) is 17.1. The maximum absolute atomic E-state index is 13.0. The second-order valence-corrected chi connectivity index (χ2v) is 9.09. The van der Waals surface area contributed by atoms with Crippen molar-refractivity contribution < 1.29 is 14.4 Å². The van der Waals surface area contributed by atoms with Crippen molar-refractivity contribution in [2.24, 2.45) is 5.92 Å². The molecule has 1 spiro atoms. The van der Waals surface area contributed by atoms with Crippen molar-refractivity contribution in [2.75, 3.05) is 0 Å². The molecule has 0 atom stereocenters. The monoisotopic (exact) mass is 415 g/mol. The molecule has 0 radical (unpaired) electrons. The lowest BCUT2D eigenvalue weighted by Gasteiger charge is -2.33. The summed E-state index contributed by atoms with van der Waals surface area (Å²) in [6.07, 6.45) is 3.66. The topological polar surface area (TPSA) is 104 Å². The number of urea groups is 1. The molecule has 2 aliphatic rings. The van der Waals surface area contributed by atoms with Crippen LogP contribution in [0, 0.1) is 19.8 Å². The third kappa shape index (κ3) is 3.17. The van der Waals surface area contributed by atoms with E-state index in [2.05, 4.69) is 27.6 Å². The van der Waals surface area contributed by atoms with Gasteiger partial charge < -0.3 is 5.32 Å². The smallest absolute Gasteiger partial charge is 0.322 e. The van der Waals surface area contributed by atoms with E-state index in [9.17, 15) is 14.4 Å². The van der Waals surface area contributed by atoms with Crippen molar-refractivity contribution in [3.63, 3.8) is 0 Å². The molecule has 1 aliphatic heterocycles. The molecule has 2 N–H and O–H groups in total. The van der Waals surface area contributed by atoms with E-state index in [1.165, 1.54) is 11.3 Å². The molecule has 1 saturated carbocycles. The number of thiophene rings is 1. The van der Waals surface area contributed by atoms with Gasteiger partial charge in [0, 0.05) is 17.5 Å². The maximum atomic E-state index is 13.0. The molecule has 154 valence electrons.